The number of hydrogen-bond acceptors (Lipinski definition) is 10. The second kappa shape index (κ2) is 20.3. The third kappa shape index (κ3) is 12.9. The number of morpholine rings is 1. The van der Waals surface area contributed by atoms with E-state index >= 15 is 0 Å². The van der Waals surface area contributed by atoms with Crippen LogP contribution in [-0.4, -0.2) is 87.0 Å². The van der Waals surface area contributed by atoms with Crippen molar-refractivity contribution in [3.63, 3.8) is 0 Å². The summed E-state index contributed by atoms with van der Waals surface area (Å²) in [4.78, 5) is 30.7. The number of ether oxygens (including phenoxy) is 2. The number of carbonyl (C=O) groups excluding carboxylic acids is 1. The minimum Gasteiger partial charge on any atom is -0.439 e. The van der Waals surface area contributed by atoms with Gasteiger partial charge >= 0.3 is 0 Å². The van der Waals surface area contributed by atoms with Crippen molar-refractivity contribution in [1.29, 1.82) is 0 Å². The molecule has 1 saturated heterocycles. The Bertz CT molecular complexity index is 1270. The van der Waals surface area contributed by atoms with Gasteiger partial charge in [0.25, 0.3) is 5.91 Å². The van der Waals surface area contributed by atoms with Gasteiger partial charge in [0, 0.05) is 51.4 Å². The molecule has 3 N–H and O–H groups in total. The summed E-state index contributed by atoms with van der Waals surface area (Å²) in [5.41, 5.74) is 7.52. The lowest BCUT2D eigenvalue weighted by atomic mass is 10.2. The Balaban J connectivity index is 0.00000316. The van der Waals surface area contributed by atoms with Crippen LogP contribution in [0.25, 0.3) is 0 Å². The van der Waals surface area contributed by atoms with E-state index in [9.17, 15) is 4.79 Å². The molecule has 0 aliphatic carbocycles. The van der Waals surface area contributed by atoms with Crippen molar-refractivity contribution in [3.8, 4) is 11.6 Å². The minimum absolute atomic E-state index is 0.159. The van der Waals surface area contributed by atoms with Crippen molar-refractivity contribution in [1.82, 2.24) is 15.2 Å². The summed E-state index contributed by atoms with van der Waals surface area (Å²) in [5.74, 6) is 0.698. The number of oxime groups is 2. The maximum Gasteiger partial charge on any atom is 0.251 e. The first-order valence-corrected chi connectivity index (χ1v) is 14.3. The number of amides is 1. The van der Waals surface area contributed by atoms with E-state index in [4.69, 9.17) is 20.1 Å². The maximum absolute atomic E-state index is 12.7. The van der Waals surface area contributed by atoms with Crippen LogP contribution in [0.4, 0.5) is 11.4 Å². The summed E-state index contributed by atoms with van der Waals surface area (Å²) in [6.07, 6.45) is 12.1. The Labute approximate surface area is 254 Å². The molecule has 0 atom stereocenters. The molecule has 1 fully saturated rings. The zero-order valence-corrected chi connectivity index (χ0v) is 25.8. The number of benzene rings is 1. The van der Waals surface area contributed by atoms with Crippen LogP contribution >= 0.6 is 0 Å². The molecule has 1 aromatic carbocycles. The molecule has 1 amide bonds. The number of nitrogens with two attached hydrogens (primary N) is 1. The molecular formula is C31H44N8O4. The number of aromatic nitrogens is 1. The van der Waals surface area contributed by atoms with Crippen molar-refractivity contribution in [3.05, 3.63) is 66.4 Å². The number of carbonyl (C=O) groups is 1. The fourth-order valence-corrected chi connectivity index (χ4v) is 3.76. The van der Waals surface area contributed by atoms with Crippen molar-refractivity contribution in [2.24, 2.45) is 21.0 Å². The molecule has 0 spiro atoms. The fraction of sp³-hybridized carbons (Fsp3) is 0.387. The van der Waals surface area contributed by atoms with E-state index in [-0.39, 0.29) is 5.91 Å². The number of likely N-dealkylation sites (N-methyl/N-ethyl adjacent to an activating group) is 1. The largest absolute Gasteiger partial charge is 0.439 e. The topological polar surface area (TPSA) is 139 Å². The first-order valence-electron chi connectivity index (χ1n) is 14.3. The Morgan fingerprint density at radius 3 is 2.77 bits per heavy atom. The highest BCUT2D eigenvalue weighted by molar-refractivity contribution is 6.29. The molecule has 12 nitrogen and oxygen atoms in total. The number of anilines is 1. The Morgan fingerprint density at radius 2 is 2.02 bits per heavy atom. The Hall–Kier alpha value is -4.55. The molecule has 1 aliphatic rings. The van der Waals surface area contributed by atoms with Crippen molar-refractivity contribution in [2.45, 2.75) is 27.7 Å². The van der Waals surface area contributed by atoms with Gasteiger partial charge in [0.15, 0.2) is 0 Å². The van der Waals surface area contributed by atoms with Gasteiger partial charge in [0.05, 0.1) is 37.0 Å². The Morgan fingerprint density at radius 1 is 1.23 bits per heavy atom. The summed E-state index contributed by atoms with van der Waals surface area (Å²) >= 11 is 0. The zero-order chi connectivity index (χ0) is 31.3. The van der Waals surface area contributed by atoms with Crippen molar-refractivity contribution < 1.29 is 19.2 Å². The molecule has 232 valence electrons. The van der Waals surface area contributed by atoms with Gasteiger partial charge in [-0.3, -0.25) is 14.7 Å². The molecule has 2 aromatic rings. The van der Waals surface area contributed by atoms with Crippen LogP contribution < -0.4 is 20.7 Å². The van der Waals surface area contributed by atoms with Gasteiger partial charge < -0.3 is 25.4 Å². The van der Waals surface area contributed by atoms with Crippen LogP contribution in [-0.2, 0) is 9.68 Å². The van der Waals surface area contributed by atoms with Gasteiger partial charge in [-0.2, -0.15) is 0 Å². The average molecular weight is 593 g/mol. The normalized spacial score (nSPS) is 14.3. The van der Waals surface area contributed by atoms with E-state index < -0.39 is 0 Å². The number of aliphatic imine (C=N–C) groups is 1. The molecule has 0 bridgehead atoms. The summed E-state index contributed by atoms with van der Waals surface area (Å²) < 4.78 is 11.4. The summed E-state index contributed by atoms with van der Waals surface area (Å²) in [6, 6.07) is 8.82. The first-order chi connectivity index (χ1) is 21.0. The zero-order valence-electron chi connectivity index (χ0n) is 25.8. The molecule has 0 radical (unpaired) electrons. The molecule has 2 heterocycles. The number of allylic oxidation sites excluding steroid dienone is 3. The minimum atomic E-state index is -0.159. The number of nitrogens with one attached hydrogen (secondary N) is 1. The lowest BCUT2D eigenvalue weighted by Gasteiger charge is -2.26. The van der Waals surface area contributed by atoms with E-state index in [0.29, 0.717) is 41.7 Å². The van der Waals surface area contributed by atoms with Crippen molar-refractivity contribution >= 4 is 35.5 Å². The number of rotatable bonds is 14. The smallest absolute Gasteiger partial charge is 0.251 e. The highest BCUT2D eigenvalue weighted by atomic mass is 16.8. The molecule has 3 rings (SSSR count). The van der Waals surface area contributed by atoms with Gasteiger partial charge in [0.1, 0.15) is 17.8 Å². The van der Waals surface area contributed by atoms with E-state index in [1.165, 1.54) is 6.21 Å². The highest BCUT2D eigenvalue weighted by Gasteiger charge is 2.13. The van der Waals surface area contributed by atoms with Gasteiger partial charge in [-0.15, -0.1) is 0 Å². The average Bonchev–Trinajstić information content (AvgIpc) is 3.04. The summed E-state index contributed by atoms with van der Waals surface area (Å²) in [7, 11) is 1.94. The standard InChI is InChI=1S/C29H38N8O4.C2H6/c1-4-5-6-7-12-36(3)27-19-28(33-21-26(27)32-20-23(2)35-41-34-22-30)40-25-10-8-9-24(18-25)29(38)31-11-13-37-14-16-39-17-15-37;1-2/h4-10,18-22H,11-17H2,1-3H3,(H2,30,34)(H,31,38);1-2H3/b5-4-,7-6-,32-20?,35-23+;. The maximum atomic E-state index is 12.7. The SMILES string of the molecule is C/C=C\C=C/CN(C)c1cc(Oc2cccc(C(=O)NCCN3CCOCC3)c2)ncc1N=C/C(C)=N/O/N=C/N.CC. The van der Waals surface area contributed by atoms with Crippen LogP contribution in [0.15, 0.2) is 76.1 Å². The second-order valence-corrected chi connectivity index (χ2v) is 9.01. The highest BCUT2D eigenvalue weighted by Crippen LogP contribution is 2.32. The second-order valence-electron chi connectivity index (χ2n) is 9.01. The van der Waals surface area contributed by atoms with Gasteiger partial charge in [0.2, 0.25) is 5.88 Å². The van der Waals surface area contributed by atoms with E-state index in [1.807, 2.05) is 57.0 Å². The molecule has 1 aliphatic heterocycles. The third-order valence-corrected chi connectivity index (χ3v) is 5.89. The van der Waals surface area contributed by atoms with E-state index in [2.05, 4.69) is 30.5 Å². The van der Waals surface area contributed by atoms with Crippen LogP contribution in [0.5, 0.6) is 11.6 Å². The van der Waals surface area contributed by atoms with Gasteiger partial charge in [-0.25, -0.2) is 9.92 Å². The van der Waals surface area contributed by atoms with Gasteiger partial charge in [-0.05, 0) is 37.2 Å². The van der Waals surface area contributed by atoms with Gasteiger partial charge in [-0.1, -0.05) is 49.4 Å². The van der Waals surface area contributed by atoms with E-state index in [0.717, 1.165) is 44.9 Å². The van der Waals surface area contributed by atoms with Crippen LogP contribution in [0.3, 0.4) is 0 Å². The molecule has 43 heavy (non-hydrogen) atoms. The number of nitrogens with zero attached hydrogens (tertiary/aromatic N) is 6. The lowest BCUT2D eigenvalue weighted by molar-refractivity contribution is 0.0383. The molecular weight excluding hydrogens is 548 g/mol. The Kier molecular flexibility index (Phi) is 16.4. The molecule has 12 heteroatoms. The molecule has 0 saturated carbocycles. The lowest BCUT2D eigenvalue weighted by Crippen LogP contribution is -2.41. The quantitative estimate of drug-likeness (QED) is 0.141. The number of pyridine rings is 1. The van der Waals surface area contributed by atoms with Crippen molar-refractivity contribution in [2.75, 3.05) is 57.9 Å². The van der Waals surface area contributed by atoms with E-state index in [1.54, 1.807) is 43.5 Å². The monoisotopic (exact) mass is 592 g/mol. The number of hydrogen-bond donors (Lipinski definition) is 2. The molecule has 1 aromatic heterocycles. The predicted octanol–water partition coefficient (Wildman–Crippen LogP) is 4.53. The van der Waals surface area contributed by atoms with Crippen LogP contribution in [0.1, 0.15) is 38.1 Å². The predicted molar refractivity (Wildman–Crippen MR) is 174 cm³/mol. The van der Waals surface area contributed by atoms with Crippen LogP contribution in [0, 0.1) is 0 Å². The first kappa shape index (κ1) is 34.7. The molecule has 0 unspecified atom stereocenters. The summed E-state index contributed by atoms with van der Waals surface area (Å²) in [5, 5.41) is 10.1. The third-order valence-electron chi connectivity index (χ3n) is 5.89. The fourth-order valence-electron chi connectivity index (χ4n) is 3.76. The van der Waals surface area contributed by atoms with Crippen LogP contribution in [0.2, 0.25) is 0 Å². The summed E-state index contributed by atoms with van der Waals surface area (Å²) in [6.45, 7) is 12.9.